The Balaban J connectivity index is 1.73. The average molecular weight is 402 g/mol. The van der Waals surface area contributed by atoms with Crippen molar-refractivity contribution in [2.75, 3.05) is 32.0 Å². The largest absolute Gasteiger partial charge is 0.433 e. The third kappa shape index (κ3) is 6.63. The molecule has 0 unspecified atom stereocenters. The van der Waals surface area contributed by atoms with Crippen molar-refractivity contribution in [3.63, 3.8) is 0 Å². The summed E-state index contributed by atoms with van der Waals surface area (Å²) >= 11 is 0. The highest BCUT2D eigenvalue weighted by Crippen LogP contribution is 2.27. The van der Waals surface area contributed by atoms with E-state index in [9.17, 15) is 22.0 Å². The van der Waals surface area contributed by atoms with Crippen molar-refractivity contribution < 1.29 is 22.0 Å². The van der Waals surface area contributed by atoms with Crippen LogP contribution in [-0.2, 0) is 12.6 Å². The van der Waals surface area contributed by atoms with Crippen LogP contribution in [0, 0.1) is 11.6 Å². The van der Waals surface area contributed by atoms with Crippen LogP contribution in [0.2, 0.25) is 0 Å². The van der Waals surface area contributed by atoms with E-state index in [1.165, 1.54) is 7.05 Å². The van der Waals surface area contributed by atoms with E-state index in [4.69, 9.17) is 0 Å². The van der Waals surface area contributed by atoms with E-state index in [1.54, 1.807) is 0 Å². The zero-order chi connectivity index (χ0) is 20.6. The first-order valence-electron chi connectivity index (χ1n) is 8.32. The number of hydrogen-bond donors (Lipinski definition) is 3. The molecule has 0 atom stereocenters. The van der Waals surface area contributed by atoms with Crippen LogP contribution in [0.25, 0.3) is 0 Å². The monoisotopic (exact) mass is 402 g/mol. The molecular formula is C17H19F5N6. The molecule has 0 aliphatic rings. The van der Waals surface area contributed by atoms with Crippen molar-refractivity contribution in [2.24, 2.45) is 4.99 Å². The number of aliphatic imine (C=N–C) groups is 1. The van der Waals surface area contributed by atoms with Crippen LogP contribution < -0.4 is 16.0 Å². The summed E-state index contributed by atoms with van der Waals surface area (Å²) in [5, 5.41) is 8.54. The van der Waals surface area contributed by atoms with Gasteiger partial charge in [0.05, 0.1) is 0 Å². The molecule has 0 spiro atoms. The van der Waals surface area contributed by atoms with Crippen molar-refractivity contribution in [2.45, 2.75) is 12.6 Å². The molecule has 28 heavy (non-hydrogen) atoms. The normalized spacial score (nSPS) is 12.0. The van der Waals surface area contributed by atoms with Crippen molar-refractivity contribution in [3.05, 3.63) is 53.4 Å². The first kappa shape index (κ1) is 21.3. The Hall–Kier alpha value is -2.98. The summed E-state index contributed by atoms with van der Waals surface area (Å²) in [5.74, 6) is -0.733. The minimum absolute atomic E-state index is 0.138. The molecule has 0 saturated heterocycles. The van der Waals surface area contributed by atoms with Crippen LogP contribution in [0.4, 0.5) is 27.9 Å². The summed E-state index contributed by atoms with van der Waals surface area (Å²) < 4.78 is 64.5. The standard InChI is InChI=1S/C17H19F5N6/c1-23-15(24-6-4-11-10-12(18)2-3-13(11)19)26-8-9-27-16-25-7-5-14(28-16)17(20,21)22/h2-3,5,7,10H,4,6,8-9H2,1H3,(H2,23,24,26)(H,25,27,28). The van der Waals surface area contributed by atoms with Gasteiger partial charge in [0, 0.05) is 32.9 Å². The van der Waals surface area contributed by atoms with Gasteiger partial charge in [-0.25, -0.2) is 18.7 Å². The van der Waals surface area contributed by atoms with Gasteiger partial charge in [0.25, 0.3) is 0 Å². The van der Waals surface area contributed by atoms with Crippen LogP contribution in [-0.4, -0.2) is 42.6 Å². The van der Waals surface area contributed by atoms with E-state index in [0.29, 0.717) is 19.0 Å². The number of nitrogens with one attached hydrogen (secondary N) is 3. The van der Waals surface area contributed by atoms with Crippen molar-refractivity contribution in [1.82, 2.24) is 20.6 Å². The van der Waals surface area contributed by atoms with Gasteiger partial charge in [0.1, 0.15) is 17.3 Å². The molecule has 11 heteroatoms. The molecule has 152 valence electrons. The molecule has 0 saturated carbocycles. The highest BCUT2D eigenvalue weighted by molar-refractivity contribution is 5.79. The molecule has 1 aromatic carbocycles. The van der Waals surface area contributed by atoms with E-state index in [0.717, 1.165) is 30.5 Å². The Kier molecular flexibility index (Phi) is 7.47. The summed E-state index contributed by atoms with van der Waals surface area (Å²) in [4.78, 5) is 11.1. The fourth-order valence-corrected chi connectivity index (χ4v) is 2.23. The Morgan fingerprint density at radius 1 is 1.07 bits per heavy atom. The summed E-state index contributed by atoms with van der Waals surface area (Å²) in [6.07, 6.45) is -3.26. The first-order valence-corrected chi connectivity index (χ1v) is 8.32. The number of anilines is 1. The van der Waals surface area contributed by atoms with Gasteiger partial charge in [-0.15, -0.1) is 0 Å². The van der Waals surface area contributed by atoms with E-state index in [2.05, 4.69) is 30.9 Å². The van der Waals surface area contributed by atoms with E-state index in [-0.39, 0.29) is 24.5 Å². The van der Waals surface area contributed by atoms with E-state index >= 15 is 0 Å². The molecule has 2 rings (SSSR count). The molecule has 0 fully saturated rings. The van der Waals surface area contributed by atoms with Gasteiger partial charge in [-0.3, -0.25) is 4.99 Å². The van der Waals surface area contributed by atoms with Crippen LogP contribution in [0.5, 0.6) is 0 Å². The van der Waals surface area contributed by atoms with E-state index < -0.39 is 23.5 Å². The number of guanidine groups is 1. The average Bonchev–Trinajstić information content (AvgIpc) is 2.66. The maximum Gasteiger partial charge on any atom is 0.433 e. The minimum Gasteiger partial charge on any atom is -0.356 e. The van der Waals surface area contributed by atoms with Gasteiger partial charge >= 0.3 is 6.18 Å². The Morgan fingerprint density at radius 2 is 1.82 bits per heavy atom. The summed E-state index contributed by atoms with van der Waals surface area (Å²) in [5.41, 5.74) is -0.786. The van der Waals surface area contributed by atoms with Gasteiger partial charge in [0.15, 0.2) is 5.96 Å². The highest BCUT2D eigenvalue weighted by atomic mass is 19.4. The minimum atomic E-state index is -4.54. The van der Waals surface area contributed by atoms with Gasteiger partial charge in [-0.05, 0) is 36.2 Å². The maximum absolute atomic E-state index is 13.6. The molecule has 0 bridgehead atoms. The zero-order valence-corrected chi connectivity index (χ0v) is 14.9. The van der Waals surface area contributed by atoms with Crippen molar-refractivity contribution in [1.29, 1.82) is 0 Å². The number of nitrogens with zero attached hydrogens (tertiary/aromatic N) is 3. The lowest BCUT2D eigenvalue weighted by Crippen LogP contribution is -2.40. The third-order valence-corrected chi connectivity index (χ3v) is 3.56. The molecular weight excluding hydrogens is 383 g/mol. The molecule has 0 aliphatic carbocycles. The fourth-order valence-electron chi connectivity index (χ4n) is 2.23. The van der Waals surface area contributed by atoms with Crippen LogP contribution in [0.15, 0.2) is 35.5 Å². The van der Waals surface area contributed by atoms with Crippen LogP contribution >= 0.6 is 0 Å². The zero-order valence-electron chi connectivity index (χ0n) is 14.9. The lowest BCUT2D eigenvalue weighted by Gasteiger charge is -2.13. The van der Waals surface area contributed by atoms with Gasteiger partial charge in [0.2, 0.25) is 5.95 Å². The third-order valence-electron chi connectivity index (χ3n) is 3.56. The second-order valence-electron chi connectivity index (χ2n) is 5.60. The quantitative estimate of drug-likeness (QED) is 0.287. The first-order chi connectivity index (χ1) is 13.3. The number of benzene rings is 1. The summed E-state index contributed by atoms with van der Waals surface area (Å²) in [6, 6.07) is 4.04. The fraction of sp³-hybridized carbons (Fsp3) is 0.353. The number of hydrogen-bond acceptors (Lipinski definition) is 4. The predicted octanol–water partition coefficient (Wildman–Crippen LogP) is 2.59. The second-order valence-corrected chi connectivity index (χ2v) is 5.60. The Labute approximate surface area is 158 Å². The van der Waals surface area contributed by atoms with Gasteiger partial charge in [-0.2, -0.15) is 13.2 Å². The number of alkyl halides is 3. The highest BCUT2D eigenvalue weighted by Gasteiger charge is 2.32. The smallest absolute Gasteiger partial charge is 0.356 e. The Morgan fingerprint density at radius 3 is 2.54 bits per heavy atom. The molecule has 2 aromatic rings. The predicted molar refractivity (Wildman–Crippen MR) is 95.0 cm³/mol. The van der Waals surface area contributed by atoms with Crippen LogP contribution in [0.1, 0.15) is 11.3 Å². The van der Waals surface area contributed by atoms with Crippen molar-refractivity contribution >= 4 is 11.9 Å². The SMILES string of the molecule is CN=C(NCCNc1nccc(C(F)(F)F)n1)NCCc1cc(F)ccc1F. The molecule has 0 aliphatic heterocycles. The van der Waals surface area contributed by atoms with E-state index in [1.807, 2.05) is 0 Å². The molecule has 1 heterocycles. The number of rotatable bonds is 7. The molecule has 6 nitrogen and oxygen atoms in total. The van der Waals surface area contributed by atoms with Gasteiger partial charge in [-0.1, -0.05) is 0 Å². The second kappa shape index (κ2) is 9.81. The number of halogens is 5. The number of aromatic nitrogens is 2. The maximum atomic E-state index is 13.6. The summed E-state index contributed by atoms with van der Waals surface area (Å²) in [6.45, 7) is 0.859. The lowest BCUT2D eigenvalue weighted by molar-refractivity contribution is -0.141. The summed E-state index contributed by atoms with van der Waals surface area (Å²) in [7, 11) is 1.53. The molecule has 0 radical (unpaired) electrons. The topological polar surface area (TPSA) is 74.2 Å². The molecule has 3 N–H and O–H groups in total. The van der Waals surface area contributed by atoms with Gasteiger partial charge < -0.3 is 16.0 Å². The van der Waals surface area contributed by atoms with Crippen molar-refractivity contribution in [3.8, 4) is 0 Å². The Bertz CT molecular complexity index is 809. The lowest BCUT2D eigenvalue weighted by atomic mass is 10.1. The van der Waals surface area contributed by atoms with Crippen LogP contribution in [0.3, 0.4) is 0 Å². The molecule has 0 amide bonds. The molecule has 1 aromatic heterocycles.